The molecule has 0 saturated heterocycles. The number of rotatable bonds is 4. The van der Waals surface area contributed by atoms with Crippen LogP contribution in [0, 0.1) is 11.8 Å². The van der Waals surface area contributed by atoms with Crippen molar-refractivity contribution >= 4 is 0 Å². The van der Waals surface area contributed by atoms with Gasteiger partial charge in [0.1, 0.15) is 0 Å². The van der Waals surface area contributed by atoms with Gasteiger partial charge in [-0.05, 0) is 51.0 Å². The molecule has 0 aromatic carbocycles. The molecule has 0 spiro atoms. The first-order valence-corrected chi connectivity index (χ1v) is 7.59. The molecule has 17 heavy (non-hydrogen) atoms. The van der Waals surface area contributed by atoms with E-state index in [2.05, 4.69) is 18.9 Å². The van der Waals surface area contributed by atoms with Crippen molar-refractivity contribution in [1.82, 2.24) is 4.90 Å². The van der Waals surface area contributed by atoms with Gasteiger partial charge in [0.2, 0.25) is 0 Å². The zero-order valence-corrected chi connectivity index (χ0v) is 11.6. The van der Waals surface area contributed by atoms with Gasteiger partial charge in [-0.15, -0.1) is 0 Å². The lowest BCUT2D eigenvalue weighted by molar-refractivity contribution is 0.00826. The first-order chi connectivity index (χ1) is 8.20. The van der Waals surface area contributed by atoms with Crippen LogP contribution in [0.1, 0.15) is 58.3 Å². The van der Waals surface area contributed by atoms with Gasteiger partial charge in [-0.2, -0.15) is 0 Å². The first-order valence-electron chi connectivity index (χ1n) is 7.59. The average Bonchev–Trinajstić information content (AvgIpc) is 2.82. The van der Waals surface area contributed by atoms with Crippen molar-refractivity contribution in [2.45, 2.75) is 70.4 Å². The van der Waals surface area contributed by atoms with Crippen LogP contribution < -0.4 is 0 Å². The van der Waals surface area contributed by atoms with Gasteiger partial charge in [-0.3, -0.25) is 0 Å². The second kappa shape index (κ2) is 6.19. The largest absolute Gasteiger partial charge is 0.391 e. The van der Waals surface area contributed by atoms with Crippen molar-refractivity contribution in [3.05, 3.63) is 0 Å². The van der Waals surface area contributed by atoms with Gasteiger partial charge < -0.3 is 10.0 Å². The molecule has 2 aliphatic carbocycles. The third-order valence-electron chi connectivity index (χ3n) is 5.05. The van der Waals surface area contributed by atoms with Crippen LogP contribution in [-0.4, -0.2) is 35.7 Å². The molecule has 2 rings (SSSR count). The number of nitrogens with zero attached hydrogens (tertiary/aromatic N) is 1. The highest BCUT2D eigenvalue weighted by Gasteiger charge is 2.32. The van der Waals surface area contributed by atoms with Gasteiger partial charge in [0.25, 0.3) is 0 Å². The highest BCUT2D eigenvalue weighted by molar-refractivity contribution is 4.86. The molecule has 0 bridgehead atoms. The summed E-state index contributed by atoms with van der Waals surface area (Å²) in [7, 11) is 2.23. The Labute approximate surface area is 106 Å². The third-order valence-corrected chi connectivity index (χ3v) is 5.05. The van der Waals surface area contributed by atoms with Crippen LogP contribution in [-0.2, 0) is 0 Å². The first kappa shape index (κ1) is 13.4. The summed E-state index contributed by atoms with van der Waals surface area (Å²) in [5, 5.41) is 10.2. The number of hydrogen-bond acceptors (Lipinski definition) is 2. The molecule has 3 unspecified atom stereocenters. The van der Waals surface area contributed by atoms with Crippen LogP contribution in [0.5, 0.6) is 0 Å². The van der Waals surface area contributed by atoms with E-state index in [0.717, 1.165) is 18.3 Å². The molecule has 0 heterocycles. The zero-order valence-electron chi connectivity index (χ0n) is 11.6. The fourth-order valence-electron chi connectivity index (χ4n) is 3.80. The summed E-state index contributed by atoms with van der Waals surface area (Å²) in [5.41, 5.74) is 0. The van der Waals surface area contributed by atoms with Gasteiger partial charge in [-0.25, -0.2) is 0 Å². The number of likely N-dealkylation sites (N-methyl/N-ethyl adjacent to an activating group) is 1. The Morgan fingerprint density at radius 2 is 1.76 bits per heavy atom. The number of aliphatic hydroxyl groups excluding tert-OH is 1. The van der Waals surface area contributed by atoms with Crippen LogP contribution in [0.2, 0.25) is 0 Å². The summed E-state index contributed by atoms with van der Waals surface area (Å²) in [5.74, 6) is 1.74. The normalized spacial score (nSPS) is 35.6. The molecule has 0 radical (unpaired) electrons. The van der Waals surface area contributed by atoms with E-state index in [1.54, 1.807) is 0 Å². The minimum atomic E-state index is -0.0794. The van der Waals surface area contributed by atoms with E-state index >= 15 is 0 Å². The smallest absolute Gasteiger partial charge is 0.0695 e. The van der Waals surface area contributed by atoms with Gasteiger partial charge in [0, 0.05) is 12.6 Å². The standard InChI is InChI=1S/C15H29NO/c1-3-12-8-9-15(17)14(10-12)16(2)11-13-6-4-5-7-13/h12-15,17H,3-11H2,1-2H3. The summed E-state index contributed by atoms with van der Waals surface area (Å²) < 4.78 is 0. The minimum Gasteiger partial charge on any atom is -0.391 e. The maximum absolute atomic E-state index is 10.2. The lowest BCUT2D eigenvalue weighted by atomic mass is 9.81. The van der Waals surface area contributed by atoms with E-state index in [4.69, 9.17) is 0 Å². The van der Waals surface area contributed by atoms with Crippen molar-refractivity contribution in [3.8, 4) is 0 Å². The molecular formula is C15H29NO. The Morgan fingerprint density at radius 1 is 1.06 bits per heavy atom. The molecule has 2 aliphatic rings. The van der Waals surface area contributed by atoms with Crippen molar-refractivity contribution in [2.75, 3.05) is 13.6 Å². The Bertz CT molecular complexity index is 225. The summed E-state index contributed by atoms with van der Waals surface area (Å²) in [6, 6.07) is 0.425. The van der Waals surface area contributed by atoms with Gasteiger partial charge in [-0.1, -0.05) is 26.2 Å². The molecular weight excluding hydrogens is 210 g/mol. The van der Waals surface area contributed by atoms with Crippen LogP contribution in [0.4, 0.5) is 0 Å². The zero-order chi connectivity index (χ0) is 12.3. The summed E-state index contributed by atoms with van der Waals surface area (Å²) in [6.07, 6.45) is 10.3. The SMILES string of the molecule is CCC1CCC(O)C(N(C)CC2CCCC2)C1. The van der Waals surface area contributed by atoms with Gasteiger partial charge in [0.15, 0.2) is 0 Å². The quantitative estimate of drug-likeness (QED) is 0.815. The fourth-order valence-corrected chi connectivity index (χ4v) is 3.80. The summed E-state index contributed by atoms with van der Waals surface area (Å²) in [6.45, 7) is 3.49. The maximum atomic E-state index is 10.2. The topological polar surface area (TPSA) is 23.5 Å². The molecule has 2 nitrogen and oxygen atoms in total. The highest BCUT2D eigenvalue weighted by Crippen LogP contribution is 2.32. The van der Waals surface area contributed by atoms with E-state index in [9.17, 15) is 5.11 Å². The van der Waals surface area contributed by atoms with E-state index in [0.29, 0.717) is 6.04 Å². The number of hydrogen-bond donors (Lipinski definition) is 1. The minimum absolute atomic E-state index is 0.0794. The predicted octanol–water partition coefficient (Wildman–Crippen LogP) is 3.05. The van der Waals surface area contributed by atoms with Crippen molar-refractivity contribution in [3.63, 3.8) is 0 Å². The van der Waals surface area contributed by atoms with Crippen LogP contribution in [0.25, 0.3) is 0 Å². The Kier molecular flexibility index (Phi) is 4.87. The maximum Gasteiger partial charge on any atom is 0.0695 e. The molecule has 0 amide bonds. The van der Waals surface area contributed by atoms with E-state index in [1.807, 2.05) is 0 Å². The number of aliphatic hydroxyl groups is 1. The second-order valence-electron chi connectivity index (χ2n) is 6.31. The highest BCUT2D eigenvalue weighted by atomic mass is 16.3. The predicted molar refractivity (Wildman–Crippen MR) is 72.0 cm³/mol. The third kappa shape index (κ3) is 3.45. The van der Waals surface area contributed by atoms with E-state index < -0.39 is 0 Å². The molecule has 0 aromatic heterocycles. The molecule has 0 aromatic rings. The molecule has 2 heteroatoms. The lowest BCUT2D eigenvalue weighted by Gasteiger charge is -2.39. The fraction of sp³-hybridized carbons (Fsp3) is 1.00. The van der Waals surface area contributed by atoms with Crippen molar-refractivity contribution in [1.29, 1.82) is 0 Å². The molecule has 1 N–H and O–H groups in total. The summed E-state index contributed by atoms with van der Waals surface area (Å²) in [4.78, 5) is 2.46. The monoisotopic (exact) mass is 239 g/mol. The van der Waals surface area contributed by atoms with Crippen LogP contribution in [0.15, 0.2) is 0 Å². The Morgan fingerprint density at radius 3 is 2.41 bits per heavy atom. The van der Waals surface area contributed by atoms with Gasteiger partial charge in [0.05, 0.1) is 6.10 Å². The Balaban J connectivity index is 1.84. The van der Waals surface area contributed by atoms with E-state index in [-0.39, 0.29) is 6.10 Å². The molecule has 2 saturated carbocycles. The average molecular weight is 239 g/mol. The molecule has 2 fully saturated rings. The van der Waals surface area contributed by atoms with E-state index in [1.165, 1.54) is 51.5 Å². The molecule has 100 valence electrons. The summed E-state index contributed by atoms with van der Waals surface area (Å²) >= 11 is 0. The van der Waals surface area contributed by atoms with Crippen molar-refractivity contribution in [2.24, 2.45) is 11.8 Å². The second-order valence-corrected chi connectivity index (χ2v) is 6.31. The van der Waals surface area contributed by atoms with Gasteiger partial charge >= 0.3 is 0 Å². The molecule has 0 aliphatic heterocycles. The lowest BCUT2D eigenvalue weighted by Crippen LogP contribution is -2.46. The Hall–Kier alpha value is -0.0800. The molecule has 3 atom stereocenters. The van der Waals surface area contributed by atoms with Crippen LogP contribution >= 0.6 is 0 Å². The van der Waals surface area contributed by atoms with Crippen molar-refractivity contribution < 1.29 is 5.11 Å². The van der Waals surface area contributed by atoms with Crippen LogP contribution in [0.3, 0.4) is 0 Å².